The van der Waals surface area contributed by atoms with Gasteiger partial charge in [-0.25, -0.2) is 9.59 Å². The molecule has 0 aliphatic carbocycles. The lowest BCUT2D eigenvalue weighted by atomic mass is 9.99. The zero-order valence-electron chi connectivity index (χ0n) is 15.8. The van der Waals surface area contributed by atoms with E-state index >= 15 is 0 Å². The van der Waals surface area contributed by atoms with Gasteiger partial charge in [0.2, 0.25) is 6.79 Å². The Hall–Kier alpha value is -2.74. The molecule has 2 atom stereocenters. The first-order valence-corrected chi connectivity index (χ1v) is 9.04. The summed E-state index contributed by atoms with van der Waals surface area (Å²) in [5.74, 6) is -1.04. The van der Waals surface area contributed by atoms with E-state index in [0.29, 0.717) is 28.5 Å². The number of benzene rings is 1. The lowest BCUT2D eigenvalue weighted by Gasteiger charge is -2.21. The minimum Gasteiger partial charge on any atom is -0.467 e. The molecule has 0 saturated carbocycles. The van der Waals surface area contributed by atoms with Crippen molar-refractivity contribution in [3.8, 4) is 11.5 Å². The minimum absolute atomic E-state index is 0.0859. The van der Waals surface area contributed by atoms with E-state index < -0.39 is 30.5 Å². The van der Waals surface area contributed by atoms with Crippen molar-refractivity contribution in [2.24, 2.45) is 5.92 Å². The summed E-state index contributed by atoms with van der Waals surface area (Å²) in [6.07, 6.45) is 3.30. The first kappa shape index (κ1) is 21.6. The van der Waals surface area contributed by atoms with E-state index in [-0.39, 0.29) is 12.7 Å². The predicted molar refractivity (Wildman–Crippen MR) is 101 cm³/mol. The van der Waals surface area contributed by atoms with Gasteiger partial charge in [0.05, 0.1) is 12.1 Å². The number of carbonyl (C=O) groups excluding carboxylic acids is 3. The highest BCUT2D eigenvalue weighted by Gasteiger charge is 2.26. The van der Waals surface area contributed by atoms with Crippen molar-refractivity contribution < 1.29 is 33.3 Å². The molecule has 0 spiro atoms. The third-order valence-corrected chi connectivity index (χ3v) is 4.47. The fourth-order valence-corrected chi connectivity index (χ4v) is 2.72. The van der Waals surface area contributed by atoms with E-state index in [1.807, 2.05) is 13.8 Å². The van der Waals surface area contributed by atoms with Crippen molar-refractivity contribution in [2.45, 2.75) is 26.3 Å². The molecule has 1 aromatic rings. The van der Waals surface area contributed by atoms with Crippen LogP contribution in [0, 0.1) is 5.92 Å². The molecule has 0 aromatic heterocycles. The molecule has 0 fully saturated rings. The van der Waals surface area contributed by atoms with Crippen molar-refractivity contribution in [3.05, 3.63) is 28.8 Å². The summed E-state index contributed by atoms with van der Waals surface area (Å²) in [6, 6.07) is 2.48. The maximum absolute atomic E-state index is 12.0. The number of rotatable bonds is 8. The molecule has 152 valence electrons. The minimum atomic E-state index is -0.799. The van der Waals surface area contributed by atoms with Crippen molar-refractivity contribution in [1.82, 2.24) is 5.32 Å². The molecule has 1 heterocycles. The van der Waals surface area contributed by atoms with Crippen LogP contribution in [0.15, 0.2) is 18.2 Å². The second kappa shape index (κ2) is 9.98. The summed E-state index contributed by atoms with van der Waals surface area (Å²) < 4.78 is 20.0. The Balaban J connectivity index is 1.88. The zero-order valence-corrected chi connectivity index (χ0v) is 16.6. The number of fused-ring (bicyclic) bond motifs is 1. The molecule has 1 aliphatic rings. The smallest absolute Gasteiger partial charge is 0.331 e. The maximum Gasteiger partial charge on any atom is 0.331 e. The van der Waals surface area contributed by atoms with Crippen LogP contribution in [-0.2, 0) is 23.9 Å². The highest BCUT2D eigenvalue weighted by atomic mass is 35.5. The SMILES string of the molecule is CC[C@H](C)[C@H](NC(=O)COC(=O)/C=C/c1cc(Cl)c2c(c1)OCO2)C(=O)OC. The number of nitrogens with one attached hydrogen (secondary N) is 1. The van der Waals surface area contributed by atoms with E-state index in [1.54, 1.807) is 12.1 Å². The van der Waals surface area contributed by atoms with Crippen LogP contribution in [0.2, 0.25) is 5.02 Å². The standard InChI is InChI=1S/C19H22ClNO7/c1-4-11(2)17(19(24)25-3)21-15(22)9-26-16(23)6-5-12-7-13(20)18-14(8-12)27-10-28-18/h5-8,11,17H,4,9-10H2,1-3H3,(H,21,22)/b6-5+/t11-,17-/m0/s1. The second-order valence-corrected chi connectivity index (χ2v) is 6.54. The number of methoxy groups -OCH3 is 1. The summed E-state index contributed by atoms with van der Waals surface area (Å²) in [5, 5.41) is 2.88. The number of hydrogen-bond donors (Lipinski definition) is 1. The Morgan fingerprint density at radius 3 is 2.75 bits per heavy atom. The molecule has 8 nitrogen and oxygen atoms in total. The number of hydrogen-bond acceptors (Lipinski definition) is 7. The number of esters is 2. The Bertz CT molecular complexity index is 778. The zero-order chi connectivity index (χ0) is 20.7. The normalized spacial score (nSPS) is 14.4. The van der Waals surface area contributed by atoms with Gasteiger partial charge >= 0.3 is 11.9 Å². The quantitative estimate of drug-likeness (QED) is 0.517. The third-order valence-electron chi connectivity index (χ3n) is 4.19. The average Bonchev–Trinajstić information content (AvgIpc) is 3.17. The monoisotopic (exact) mass is 411 g/mol. The Kier molecular flexibility index (Phi) is 7.69. The van der Waals surface area contributed by atoms with Crippen LogP contribution < -0.4 is 14.8 Å². The summed E-state index contributed by atoms with van der Waals surface area (Å²) >= 11 is 6.07. The Morgan fingerprint density at radius 2 is 2.07 bits per heavy atom. The Labute approximate surface area is 167 Å². The van der Waals surface area contributed by atoms with Gasteiger partial charge in [-0.05, 0) is 29.7 Å². The van der Waals surface area contributed by atoms with E-state index in [0.717, 1.165) is 6.08 Å². The summed E-state index contributed by atoms with van der Waals surface area (Å²) in [7, 11) is 1.25. The predicted octanol–water partition coefficient (Wildman–Crippen LogP) is 2.33. The molecule has 9 heteroatoms. The van der Waals surface area contributed by atoms with Gasteiger partial charge in [-0.15, -0.1) is 0 Å². The van der Waals surface area contributed by atoms with E-state index in [1.165, 1.54) is 13.2 Å². The van der Waals surface area contributed by atoms with Crippen LogP contribution in [-0.4, -0.2) is 44.4 Å². The van der Waals surface area contributed by atoms with Crippen LogP contribution in [0.4, 0.5) is 0 Å². The van der Waals surface area contributed by atoms with Crippen molar-refractivity contribution in [3.63, 3.8) is 0 Å². The maximum atomic E-state index is 12.0. The van der Waals surface area contributed by atoms with Crippen molar-refractivity contribution >= 4 is 35.5 Å². The van der Waals surface area contributed by atoms with E-state index in [4.69, 9.17) is 25.8 Å². The third kappa shape index (κ3) is 5.63. The second-order valence-electron chi connectivity index (χ2n) is 6.13. The first-order chi connectivity index (χ1) is 13.3. The van der Waals surface area contributed by atoms with Crippen LogP contribution in [0.25, 0.3) is 6.08 Å². The lowest BCUT2D eigenvalue weighted by Crippen LogP contribution is -2.47. The molecule has 0 unspecified atom stereocenters. The molecule has 1 amide bonds. The lowest BCUT2D eigenvalue weighted by molar-refractivity contribution is -0.148. The number of halogens is 1. The van der Waals surface area contributed by atoms with Gasteiger partial charge in [0.1, 0.15) is 6.04 Å². The highest BCUT2D eigenvalue weighted by molar-refractivity contribution is 6.32. The van der Waals surface area contributed by atoms with Crippen molar-refractivity contribution in [2.75, 3.05) is 20.5 Å². The topological polar surface area (TPSA) is 100 Å². The van der Waals surface area contributed by atoms with Crippen LogP contribution in [0.1, 0.15) is 25.8 Å². The average molecular weight is 412 g/mol. The Morgan fingerprint density at radius 1 is 1.32 bits per heavy atom. The fourth-order valence-electron chi connectivity index (χ4n) is 2.44. The van der Waals surface area contributed by atoms with Gasteiger partial charge in [0.15, 0.2) is 18.1 Å². The summed E-state index contributed by atoms with van der Waals surface area (Å²) in [5.41, 5.74) is 0.609. The number of ether oxygens (including phenoxy) is 4. The van der Waals surface area contributed by atoms with Gasteiger partial charge < -0.3 is 24.3 Å². The van der Waals surface area contributed by atoms with E-state index in [2.05, 4.69) is 10.1 Å². The largest absolute Gasteiger partial charge is 0.467 e. The first-order valence-electron chi connectivity index (χ1n) is 8.66. The van der Waals surface area contributed by atoms with Gasteiger partial charge in [-0.3, -0.25) is 4.79 Å². The van der Waals surface area contributed by atoms with Gasteiger partial charge in [-0.2, -0.15) is 0 Å². The molecule has 0 saturated heterocycles. The fraction of sp³-hybridized carbons (Fsp3) is 0.421. The number of amides is 1. The van der Waals surface area contributed by atoms with Gasteiger partial charge in [-0.1, -0.05) is 31.9 Å². The van der Waals surface area contributed by atoms with Gasteiger partial charge in [0, 0.05) is 6.08 Å². The van der Waals surface area contributed by atoms with Crippen LogP contribution in [0.5, 0.6) is 11.5 Å². The molecule has 1 aliphatic heterocycles. The molecule has 2 rings (SSSR count). The number of carbonyl (C=O) groups is 3. The van der Waals surface area contributed by atoms with Crippen LogP contribution >= 0.6 is 11.6 Å². The van der Waals surface area contributed by atoms with Crippen LogP contribution in [0.3, 0.4) is 0 Å². The molecular weight excluding hydrogens is 390 g/mol. The highest BCUT2D eigenvalue weighted by Crippen LogP contribution is 2.40. The molecule has 0 bridgehead atoms. The molecule has 0 radical (unpaired) electrons. The summed E-state index contributed by atoms with van der Waals surface area (Å²) in [4.78, 5) is 35.6. The molecule has 28 heavy (non-hydrogen) atoms. The molecule has 1 aromatic carbocycles. The molecular formula is C19H22ClNO7. The van der Waals surface area contributed by atoms with Gasteiger partial charge in [0.25, 0.3) is 5.91 Å². The molecule has 1 N–H and O–H groups in total. The summed E-state index contributed by atoms with van der Waals surface area (Å²) in [6.45, 7) is 3.27. The van der Waals surface area contributed by atoms with Crippen molar-refractivity contribution in [1.29, 1.82) is 0 Å². The van der Waals surface area contributed by atoms with E-state index in [9.17, 15) is 14.4 Å².